The molecular weight excluding hydrogens is 345 g/mol. The largest absolute Gasteiger partial charge is 0.370 e. The summed E-state index contributed by atoms with van der Waals surface area (Å²) in [6, 6.07) is 6.64. The van der Waals surface area contributed by atoms with Gasteiger partial charge in [0.25, 0.3) is 0 Å². The normalized spacial score (nSPS) is 17.3. The van der Waals surface area contributed by atoms with Crippen molar-refractivity contribution >= 4 is 5.91 Å². The molecule has 144 valence electrons. The van der Waals surface area contributed by atoms with Gasteiger partial charge in [-0.25, -0.2) is 4.39 Å². The van der Waals surface area contributed by atoms with Crippen molar-refractivity contribution in [1.82, 2.24) is 14.7 Å². The molecule has 1 aromatic heterocycles. The minimum absolute atomic E-state index is 0.198. The number of hydrogen-bond donors (Lipinski definition) is 0. The SMILES string of the molecule is Cn1nc(COCc2ccccc2F)c2c1CCN(C(=O)C1CCCC1)C2. The standard InChI is InChI=1S/C21H26FN3O2/c1-24-20-10-11-25(21(26)15-6-2-3-7-15)12-17(20)19(23-24)14-27-13-16-8-4-5-9-18(16)22/h4-5,8-9,15H,2-3,6-7,10-14H2,1H3. The van der Waals surface area contributed by atoms with Gasteiger partial charge in [-0.1, -0.05) is 31.0 Å². The molecule has 0 N–H and O–H groups in total. The Morgan fingerprint density at radius 1 is 1.26 bits per heavy atom. The van der Waals surface area contributed by atoms with E-state index in [0.29, 0.717) is 24.6 Å². The highest BCUT2D eigenvalue weighted by molar-refractivity contribution is 5.79. The first kappa shape index (κ1) is 18.2. The van der Waals surface area contributed by atoms with Gasteiger partial charge in [-0.05, 0) is 18.9 Å². The smallest absolute Gasteiger partial charge is 0.225 e. The zero-order valence-corrected chi connectivity index (χ0v) is 15.8. The number of benzene rings is 1. The molecule has 0 radical (unpaired) electrons. The third-order valence-corrected chi connectivity index (χ3v) is 5.80. The number of nitrogens with zero attached hydrogens (tertiary/aromatic N) is 3. The topological polar surface area (TPSA) is 47.4 Å². The summed E-state index contributed by atoms with van der Waals surface area (Å²) in [5, 5.41) is 4.60. The van der Waals surface area contributed by atoms with Gasteiger partial charge in [0.15, 0.2) is 0 Å². The van der Waals surface area contributed by atoms with Crippen LogP contribution in [0.3, 0.4) is 0 Å². The molecule has 0 atom stereocenters. The maximum atomic E-state index is 13.7. The number of amides is 1. The van der Waals surface area contributed by atoms with E-state index in [1.54, 1.807) is 18.2 Å². The highest BCUT2D eigenvalue weighted by Gasteiger charge is 2.31. The molecule has 1 aliphatic carbocycles. The number of rotatable bonds is 5. The van der Waals surface area contributed by atoms with Crippen molar-refractivity contribution in [2.45, 2.75) is 51.9 Å². The van der Waals surface area contributed by atoms with Gasteiger partial charge < -0.3 is 9.64 Å². The van der Waals surface area contributed by atoms with Gasteiger partial charge in [-0.3, -0.25) is 9.48 Å². The van der Waals surface area contributed by atoms with Crippen LogP contribution >= 0.6 is 0 Å². The summed E-state index contributed by atoms with van der Waals surface area (Å²) in [5.74, 6) is 0.234. The molecule has 0 spiro atoms. The molecule has 1 aliphatic heterocycles. The Hall–Kier alpha value is -2.21. The Balaban J connectivity index is 1.43. The number of carbonyl (C=O) groups is 1. The van der Waals surface area contributed by atoms with Crippen molar-refractivity contribution in [1.29, 1.82) is 0 Å². The number of fused-ring (bicyclic) bond motifs is 1. The van der Waals surface area contributed by atoms with Crippen LogP contribution in [0.2, 0.25) is 0 Å². The van der Waals surface area contributed by atoms with E-state index in [1.807, 2.05) is 16.6 Å². The number of ether oxygens (including phenoxy) is 1. The van der Waals surface area contributed by atoms with Crippen LogP contribution < -0.4 is 0 Å². The molecule has 2 aliphatic rings. The monoisotopic (exact) mass is 371 g/mol. The molecule has 6 heteroatoms. The summed E-state index contributed by atoms with van der Waals surface area (Å²) in [7, 11) is 1.94. The van der Waals surface area contributed by atoms with E-state index in [2.05, 4.69) is 5.10 Å². The molecule has 1 saturated carbocycles. The van der Waals surface area contributed by atoms with Crippen LogP contribution in [0.1, 0.15) is 48.2 Å². The Morgan fingerprint density at radius 2 is 2.04 bits per heavy atom. The van der Waals surface area contributed by atoms with E-state index in [0.717, 1.165) is 49.9 Å². The fourth-order valence-corrected chi connectivity index (χ4v) is 4.28. The van der Waals surface area contributed by atoms with Crippen molar-refractivity contribution in [3.63, 3.8) is 0 Å². The number of aryl methyl sites for hydroxylation is 1. The van der Waals surface area contributed by atoms with E-state index < -0.39 is 0 Å². The number of hydrogen-bond acceptors (Lipinski definition) is 3. The van der Waals surface area contributed by atoms with Crippen molar-refractivity contribution in [3.8, 4) is 0 Å². The molecule has 0 unspecified atom stereocenters. The van der Waals surface area contributed by atoms with E-state index in [4.69, 9.17) is 4.74 Å². The van der Waals surface area contributed by atoms with Crippen molar-refractivity contribution in [2.24, 2.45) is 13.0 Å². The highest BCUT2D eigenvalue weighted by Crippen LogP contribution is 2.30. The first-order valence-corrected chi connectivity index (χ1v) is 9.77. The minimum atomic E-state index is -0.256. The predicted octanol–water partition coefficient (Wildman–Crippen LogP) is 3.35. The lowest BCUT2D eigenvalue weighted by Crippen LogP contribution is -2.39. The maximum absolute atomic E-state index is 13.7. The molecule has 0 saturated heterocycles. The lowest BCUT2D eigenvalue weighted by Gasteiger charge is -2.30. The van der Waals surface area contributed by atoms with Crippen LogP contribution in [0.15, 0.2) is 24.3 Å². The summed E-state index contributed by atoms with van der Waals surface area (Å²) in [4.78, 5) is 14.8. The van der Waals surface area contributed by atoms with Gasteiger partial charge >= 0.3 is 0 Å². The highest BCUT2D eigenvalue weighted by atomic mass is 19.1. The third-order valence-electron chi connectivity index (χ3n) is 5.80. The fourth-order valence-electron chi connectivity index (χ4n) is 4.28. The molecule has 27 heavy (non-hydrogen) atoms. The quantitative estimate of drug-likeness (QED) is 0.810. The average molecular weight is 371 g/mol. The molecule has 1 aromatic carbocycles. The molecule has 1 amide bonds. The number of halogens is 1. The van der Waals surface area contributed by atoms with Crippen LogP contribution in [0.25, 0.3) is 0 Å². The molecule has 4 rings (SSSR count). The molecule has 0 bridgehead atoms. The first-order chi connectivity index (χ1) is 13.1. The van der Waals surface area contributed by atoms with E-state index in [1.165, 1.54) is 11.8 Å². The van der Waals surface area contributed by atoms with Gasteiger partial charge in [-0.2, -0.15) is 5.10 Å². The molecule has 5 nitrogen and oxygen atoms in total. The van der Waals surface area contributed by atoms with Crippen LogP contribution in [0.5, 0.6) is 0 Å². The van der Waals surface area contributed by atoms with Gasteiger partial charge in [0.1, 0.15) is 5.82 Å². The molecule has 2 aromatic rings. The average Bonchev–Trinajstić information content (AvgIpc) is 3.31. The van der Waals surface area contributed by atoms with Gasteiger partial charge in [-0.15, -0.1) is 0 Å². The van der Waals surface area contributed by atoms with Gasteiger partial charge in [0.2, 0.25) is 5.91 Å². The Labute approximate surface area is 159 Å². The zero-order chi connectivity index (χ0) is 18.8. The Bertz CT molecular complexity index is 827. The van der Waals surface area contributed by atoms with Crippen LogP contribution in [-0.4, -0.2) is 27.1 Å². The van der Waals surface area contributed by atoms with Crippen molar-refractivity contribution < 1.29 is 13.9 Å². The number of aromatic nitrogens is 2. The first-order valence-electron chi connectivity index (χ1n) is 9.77. The second kappa shape index (κ2) is 7.80. The second-order valence-electron chi connectivity index (χ2n) is 7.57. The van der Waals surface area contributed by atoms with E-state index in [-0.39, 0.29) is 18.3 Å². The second-order valence-corrected chi connectivity index (χ2v) is 7.57. The predicted molar refractivity (Wildman–Crippen MR) is 99.2 cm³/mol. The minimum Gasteiger partial charge on any atom is -0.370 e. The van der Waals surface area contributed by atoms with Crippen LogP contribution in [-0.2, 0) is 42.8 Å². The van der Waals surface area contributed by atoms with Crippen LogP contribution in [0, 0.1) is 11.7 Å². The van der Waals surface area contributed by atoms with E-state index in [9.17, 15) is 9.18 Å². The summed E-state index contributed by atoms with van der Waals surface area (Å²) < 4.78 is 21.4. The number of carbonyl (C=O) groups excluding carboxylic acids is 1. The molecule has 1 fully saturated rings. The molecular formula is C21H26FN3O2. The Morgan fingerprint density at radius 3 is 2.81 bits per heavy atom. The zero-order valence-electron chi connectivity index (χ0n) is 15.8. The summed E-state index contributed by atoms with van der Waals surface area (Å²) in [6.45, 7) is 1.90. The third kappa shape index (κ3) is 3.76. The van der Waals surface area contributed by atoms with Crippen molar-refractivity contribution in [2.75, 3.05) is 6.54 Å². The lowest BCUT2D eigenvalue weighted by atomic mass is 10.0. The van der Waals surface area contributed by atoms with Gasteiger partial charge in [0.05, 0.1) is 18.9 Å². The summed E-state index contributed by atoms with van der Waals surface area (Å²) in [5.41, 5.74) is 3.67. The molecule has 2 heterocycles. The Kier molecular flexibility index (Phi) is 5.25. The maximum Gasteiger partial charge on any atom is 0.225 e. The summed E-state index contributed by atoms with van der Waals surface area (Å²) >= 11 is 0. The van der Waals surface area contributed by atoms with Crippen LogP contribution in [0.4, 0.5) is 4.39 Å². The fraction of sp³-hybridized carbons (Fsp3) is 0.524. The van der Waals surface area contributed by atoms with Gasteiger partial charge in [0, 0.05) is 49.3 Å². The van der Waals surface area contributed by atoms with Crippen molar-refractivity contribution in [3.05, 3.63) is 52.6 Å². The van der Waals surface area contributed by atoms with E-state index >= 15 is 0 Å². The lowest BCUT2D eigenvalue weighted by molar-refractivity contribution is -0.136. The summed E-state index contributed by atoms with van der Waals surface area (Å²) in [6.07, 6.45) is 5.20.